The van der Waals surface area contributed by atoms with E-state index in [4.69, 9.17) is 4.74 Å². The van der Waals surface area contributed by atoms with E-state index in [1.807, 2.05) is 29.2 Å². The minimum atomic E-state index is -0.119. The maximum absolute atomic E-state index is 12.5. The Morgan fingerprint density at radius 3 is 3.11 bits per heavy atom. The van der Waals surface area contributed by atoms with Gasteiger partial charge in [0.05, 0.1) is 0 Å². The Morgan fingerprint density at radius 2 is 2.28 bits per heavy atom. The molecule has 0 radical (unpaired) electrons. The predicted octanol–water partition coefficient (Wildman–Crippen LogP) is 0.983. The number of hydrogen-bond donors (Lipinski definition) is 1. The van der Waals surface area contributed by atoms with E-state index in [1.54, 1.807) is 0 Å². The lowest BCUT2D eigenvalue weighted by Crippen LogP contribution is -2.52. The van der Waals surface area contributed by atoms with E-state index >= 15 is 0 Å². The number of nitrogens with one attached hydrogen (secondary N) is 1. The summed E-state index contributed by atoms with van der Waals surface area (Å²) in [5.74, 6) is 0.943. The van der Waals surface area contributed by atoms with Crippen LogP contribution in [0.5, 0.6) is 5.75 Å². The highest BCUT2D eigenvalue weighted by atomic mass is 16.5. The number of rotatable bonds is 1. The summed E-state index contributed by atoms with van der Waals surface area (Å²) >= 11 is 0. The molecule has 0 saturated carbocycles. The largest absolute Gasteiger partial charge is 0.492 e. The molecule has 0 aliphatic carbocycles. The molecule has 0 bridgehead atoms. The number of carbonyl (C=O) groups excluding carboxylic acids is 1. The molecule has 3 rings (SSSR count). The van der Waals surface area contributed by atoms with Crippen molar-refractivity contribution in [3.8, 4) is 5.75 Å². The molecule has 96 valence electrons. The van der Waals surface area contributed by atoms with Crippen molar-refractivity contribution in [3.63, 3.8) is 0 Å². The normalized spacial score (nSPS) is 26.6. The molecule has 2 heterocycles. The maximum atomic E-state index is 12.5. The van der Waals surface area contributed by atoms with Crippen LogP contribution >= 0.6 is 0 Å². The first kappa shape index (κ1) is 11.5. The maximum Gasteiger partial charge on any atom is 0.233 e. The van der Waals surface area contributed by atoms with Gasteiger partial charge in [0.15, 0.2) is 0 Å². The van der Waals surface area contributed by atoms with Crippen molar-refractivity contribution in [2.45, 2.75) is 18.9 Å². The van der Waals surface area contributed by atoms with Crippen LogP contribution in [0.25, 0.3) is 0 Å². The fourth-order valence-electron chi connectivity index (χ4n) is 2.72. The third-order valence-electron chi connectivity index (χ3n) is 3.68. The first-order valence-corrected chi connectivity index (χ1v) is 6.49. The molecule has 2 aliphatic heterocycles. The van der Waals surface area contributed by atoms with Gasteiger partial charge in [0, 0.05) is 31.2 Å². The van der Waals surface area contributed by atoms with E-state index in [0.717, 1.165) is 30.9 Å². The SMILES string of the molecule is C[C@H]1CN(C(=O)[C@@H]2COc3ccccc32)CCN1. The van der Waals surface area contributed by atoms with Crippen LogP contribution in [-0.2, 0) is 4.79 Å². The zero-order valence-electron chi connectivity index (χ0n) is 10.6. The van der Waals surface area contributed by atoms with Gasteiger partial charge in [0.25, 0.3) is 0 Å². The fourth-order valence-corrected chi connectivity index (χ4v) is 2.72. The molecule has 1 N–H and O–H groups in total. The Hall–Kier alpha value is -1.55. The third-order valence-corrected chi connectivity index (χ3v) is 3.68. The summed E-state index contributed by atoms with van der Waals surface area (Å²) in [6.07, 6.45) is 0. The van der Waals surface area contributed by atoms with Gasteiger partial charge in [-0.25, -0.2) is 0 Å². The molecule has 2 aliphatic rings. The number of nitrogens with zero attached hydrogens (tertiary/aromatic N) is 1. The molecule has 4 heteroatoms. The molecule has 1 amide bonds. The van der Waals surface area contributed by atoms with Crippen molar-refractivity contribution in [1.82, 2.24) is 10.2 Å². The summed E-state index contributed by atoms with van der Waals surface area (Å²) in [4.78, 5) is 14.5. The number of fused-ring (bicyclic) bond motifs is 1. The molecule has 2 atom stereocenters. The standard InChI is InChI=1S/C14H18N2O2/c1-10-8-16(7-6-15-10)14(17)12-9-18-13-5-3-2-4-11(12)13/h2-5,10,12,15H,6-9H2,1H3/t10-,12+/m0/s1. The van der Waals surface area contributed by atoms with Crippen molar-refractivity contribution in [3.05, 3.63) is 29.8 Å². The van der Waals surface area contributed by atoms with Crippen LogP contribution in [0.4, 0.5) is 0 Å². The lowest BCUT2D eigenvalue weighted by atomic mass is 9.99. The molecule has 0 aromatic heterocycles. The quantitative estimate of drug-likeness (QED) is 0.803. The van der Waals surface area contributed by atoms with Gasteiger partial charge in [-0.15, -0.1) is 0 Å². The molecular formula is C14H18N2O2. The van der Waals surface area contributed by atoms with E-state index in [9.17, 15) is 4.79 Å². The average Bonchev–Trinajstić information content (AvgIpc) is 2.82. The minimum Gasteiger partial charge on any atom is -0.492 e. The van der Waals surface area contributed by atoms with Crippen LogP contribution in [0.3, 0.4) is 0 Å². The van der Waals surface area contributed by atoms with E-state index in [1.165, 1.54) is 0 Å². The molecule has 4 nitrogen and oxygen atoms in total. The van der Waals surface area contributed by atoms with Gasteiger partial charge in [-0.05, 0) is 13.0 Å². The average molecular weight is 246 g/mol. The predicted molar refractivity (Wildman–Crippen MR) is 68.7 cm³/mol. The van der Waals surface area contributed by atoms with Gasteiger partial charge in [-0.1, -0.05) is 18.2 Å². The topological polar surface area (TPSA) is 41.6 Å². The van der Waals surface area contributed by atoms with Gasteiger partial charge < -0.3 is 15.0 Å². The Kier molecular flexibility index (Phi) is 2.96. The van der Waals surface area contributed by atoms with Gasteiger partial charge >= 0.3 is 0 Å². The van der Waals surface area contributed by atoms with Crippen molar-refractivity contribution >= 4 is 5.91 Å². The number of benzene rings is 1. The number of ether oxygens (including phenoxy) is 1. The number of hydrogen-bond acceptors (Lipinski definition) is 3. The van der Waals surface area contributed by atoms with Gasteiger partial charge in [-0.3, -0.25) is 4.79 Å². The van der Waals surface area contributed by atoms with Gasteiger partial charge in [-0.2, -0.15) is 0 Å². The molecule has 18 heavy (non-hydrogen) atoms. The molecule has 1 fully saturated rings. The van der Waals surface area contributed by atoms with Crippen LogP contribution in [-0.4, -0.2) is 43.1 Å². The number of piperazine rings is 1. The lowest BCUT2D eigenvalue weighted by molar-refractivity contribution is -0.134. The smallest absolute Gasteiger partial charge is 0.233 e. The summed E-state index contributed by atoms with van der Waals surface area (Å²) in [6, 6.07) is 8.21. The van der Waals surface area contributed by atoms with E-state index in [0.29, 0.717) is 12.6 Å². The van der Waals surface area contributed by atoms with Crippen LogP contribution in [0.1, 0.15) is 18.4 Å². The second-order valence-corrected chi connectivity index (χ2v) is 5.04. The highest BCUT2D eigenvalue weighted by Gasteiger charge is 2.34. The molecule has 1 saturated heterocycles. The van der Waals surface area contributed by atoms with Crippen molar-refractivity contribution < 1.29 is 9.53 Å². The summed E-state index contributed by atoms with van der Waals surface area (Å²) < 4.78 is 5.59. The lowest BCUT2D eigenvalue weighted by Gasteiger charge is -2.33. The highest BCUT2D eigenvalue weighted by molar-refractivity contribution is 5.85. The second-order valence-electron chi connectivity index (χ2n) is 5.04. The highest BCUT2D eigenvalue weighted by Crippen LogP contribution is 2.34. The summed E-state index contributed by atoms with van der Waals surface area (Å²) in [7, 11) is 0. The Labute approximate surface area is 107 Å². The Bertz CT molecular complexity index is 461. The zero-order chi connectivity index (χ0) is 12.5. The fraction of sp³-hybridized carbons (Fsp3) is 0.500. The van der Waals surface area contributed by atoms with Crippen LogP contribution in [0.2, 0.25) is 0 Å². The first-order chi connectivity index (χ1) is 8.75. The number of para-hydroxylation sites is 1. The van der Waals surface area contributed by atoms with Crippen molar-refractivity contribution in [1.29, 1.82) is 0 Å². The molecular weight excluding hydrogens is 228 g/mol. The third kappa shape index (κ3) is 1.97. The number of carbonyl (C=O) groups is 1. The zero-order valence-corrected chi connectivity index (χ0v) is 10.6. The van der Waals surface area contributed by atoms with Crippen LogP contribution in [0, 0.1) is 0 Å². The summed E-state index contributed by atoms with van der Waals surface area (Å²) in [5, 5.41) is 3.35. The summed E-state index contributed by atoms with van der Waals surface area (Å²) in [6.45, 7) is 5.05. The number of amides is 1. The summed E-state index contributed by atoms with van der Waals surface area (Å²) in [5.41, 5.74) is 1.04. The van der Waals surface area contributed by atoms with Crippen molar-refractivity contribution in [2.75, 3.05) is 26.2 Å². The Morgan fingerprint density at radius 1 is 1.44 bits per heavy atom. The van der Waals surface area contributed by atoms with E-state index < -0.39 is 0 Å². The van der Waals surface area contributed by atoms with Gasteiger partial charge in [0.1, 0.15) is 18.3 Å². The second kappa shape index (κ2) is 4.61. The van der Waals surface area contributed by atoms with E-state index in [2.05, 4.69) is 12.2 Å². The van der Waals surface area contributed by atoms with Crippen LogP contribution in [0.15, 0.2) is 24.3 Å². The molecule has 1 aromatic carbocycles. The first-order valence-electron chi connectivity index (χ1n) is 6.49. The molecule has 0 unspecified atom stereocenters. The van der Waals surface area contributed by atoms with Gasteiger partial charge in [0.2, 0.25) is 5.91 Å². The van der Waals surface area contributed by atoms with Crippen molar-refractivity contribution in [2.24, 2.45) is 0 Å². The molecule has 0 spiro atoms. The van der Waals surface area contributed by atoms with Crippen LogP contribution < -0.4 is 10.1 Å². The minimum absolute atomic E-state index is 0.119. The molecule has 1 aromatic rings. The van der Waals surface area contributed by atoms with E-state index in [-0.39, 0.29) is 11.8 Å². The Balaban J connectivity index is 1.78. The monoisotopic (exact) mass is 246 g/mol.